The average Bonchev–Trinajstić information content (AvgIpc) is 3.55. The number of aromatic amines is 1. The van der Waals surface area contributed by atoms with Crippen LogP contribution >= 0.6 is 0 Å². The Balaban J connectivity index is 1.56. The molecule has 2 N–H and O–H groups in total. The quantitative estimate of drug-likeness (QED) is 0.565. The molecule has 1 aliphatic carbocycles. The zero-order valence-electron chi connectivity index (χ0n) is 18.5. The molecule has 170 valence electrons. The van der Waals surface area contributed by atoms with Gasteiger partial charge in [0.05, 0.1) is 52.7 Å². The minimum Gasteiger partial charge on any atom is -0.377 e. The Morgan fingerprint density at radius 2 is 2.03 bits per heavy atom. The van der Waals surface area contributed by atoms with Gasteiger partial charge in [0.25, 0.3) is 0 Å². The minimum atomic E-state index is -3.14. The summed E-state index contributed by atoms with van der Waals surface area (Å²) < 4.78 is 31.0. The first-order valence-corrected chi connectivity index (χ1v) is 12.8. The molecule has 0 radical (unpaired) electrons. The average molecular weight is 456 g/mol. The Hall–Kier alpha value is -2.49. The molecule has 3 aromatic heterocycles. The van der Waals surface area contributed by atoms with E-state index in [1.807, 2.05) is 37.4 Å². The summed E-state index contributed by atoms with van der Waals surface area (Å²) >= 11 is 0. The highest BCUT2D eigenvalue weighted by Crippen LogP contribution is 2.33. The third-order valence-corrected chi connectivity index (χ3v) is 8.32. The van der Waals surface area contributed by atoms with Crippen molar-refractivity contribution < 1.29 is 13.2 Å². The van der Waals surface area contributed by atoms with Crippen molar-refractivity contribution in [1.29, 1.82) is 0 Å². The standard InChI is InChI=1S/C23H29N5O3S/c1-15-13-31-8-7-28(15)23-10-16(14-32(29,30)18-3-4-18)9-21(27-23)20-6-5-19-22(26-20)11-17(25-19)12-24-2/h5-6,9-11,15,18,24-25H,3-4,7-8,12-14H2,1-2H3. The molecule has 32 heavy (non-hydrogen) atoms. The van der Waals surface area contributed by atoms with Crippen LogP contribution in [0.25, 0.3) is 22.4 Å². The molecule has 1 saturated heterocycles. The molecule has 0 amide bonds. The third-order valence-electron chi connectivity index (χ3n) is 6.09. The molecule has 3 aromatic rings. The summed E-state index contributed by atoms with van der Waals surface area (Å²) in [6, 6.07) is 9.94. The summed E-state index contributed by atoms with van der Waals surface area (Å²) in [4.78, 5) is 15.3. The van der Waals surface area contributed by atoms with E-state index in [0.29, 0.717) is 18.9 Å². The summed E-state index contributed by atoms with van der Waals surface area (Å²) in [5, 5.41) is 2.95. The Labute approximate surface area is 188 Å². The van der Waals surface area contributed by atoms with Gasteiger partial charge < -0.3 is 19.9 Å². The van der Waals surface area contributed by atoms with E-state index in [-0.39, 0.29) is 17.0 Å². The van der Waals surface area contributed by atoms with Crippen molar-refractivity contribution in [2.24, 2.45) is 0 Å². The van der Waals surface area contributed by atoms with E-state index >= 15 is 0 Å². The maximum absolute atomic E-state index is 12.7. The molecule has 1 unspecified atom stereocenters. The van der Waals surface area contributed by atoms with Crippen LogP contribution in [0.5, 0.6) is 0 Å². The molecule has 4 heterocycles. The number of nitrogens with one attached hydrogen (secondary N) is 2. The molecule has 5 rings (SSSR count). The van der Waals surface area contributed by atoms with E-state index in [2.05, 4.69) is 22.1 Å². The van der Waals surface area contributed by atoms with Gasteiger partial charge in [-0.2, -0.15) is 0 Å². The van der Waals surface area contributed by atoms with Crippen LogP contribution in [0.1, 0.15) is 31.0 Å². The smallest absolute Gasteiger partial charge is 0.157 e. The highest BCUT2D eigenvalue weighted by Gasteiger charge is 2.35. The predicted molar refractivity (Wildman–Crippen MR) is 125 cm³/mol. The van der Waals surface area contributed by atoms with Gasteiger partial charge in [0.15, 0.2) is 9.84 Å². The number of aromatic nitrogens is 3. The maximum Gasteiger partial charge on any atom is 0.157 e. The third kappa shape index (κ3) is 4.37. The number of anilines is 1. The second-order valence-electron chi connectivity index (χ2n) is 8.80. The van der Waals surface area contributed by atoms with Crippen LogP contribution in [-0.4, -0.2) is 61.5 Å². The number of pyridine rings is 2. The number of rotatable bonds is 7. The highest BCUT2D eigenvalue weighted by molar-refractivity contribution is 7.91. The Kier molecular flexibility index (Phi) is 5.65. The SMILES string of the molecule is CNCc1cc2nc(-c3cc(CS(=O)(=O)C4CC4)cc(N4CCOCC4C)n3)ccc2[nH]1. The zero-order valence-corrected chi connectivity index (χ0v) is 19.3. The van der Waals surface area contributed by atoms with Gasteiger partial charge in [-0.05, 0) is 62.7 Å². The summed E-state index contributed by atoms with van der Waals surface area (Å²) in [5.41, 5.74) is 5.09. The summed E-state index contributed by atoms with van der Waals surface area (Å²) in [7, 11) is -1.23. The van der Waals surface area contributed by atoms with Crippen molar-refractivity contribution in [2.75, 3.05) is 31.7 Å². The monoisotopic (exact) mass is 455 g/mol. The van der Waals surface area contributed by atoms with Crippen molar-refractivity contribution in [3.8, 4) is 11.4 Å². The van der Waals surface area contributed by atoms with Crippen LogP contribution in [0.3, 0.4) is 0 Å². The van der Waals surface area contributed by atoms with E-state index < -0.39 is 9.84 Å². The first kappa shape index (κ1) is 21.4. The number of sulfone groups is 1. The second-order valence-corrected chi connectivity index (χ2v) is 11.1. The fraction of sp³-hybridized carbons (Fsp3) is 0.478. The van der Waals surface area contributed by atoms with Crippen LogP contribution in [-0.2, 0) is 26.9 Å². The lowest BCUT2D eigenvalue weighted by Crippen LogP contribution is -2.44. The van der Waals surface area contributed by atoms with Crippen LogP contribution in [0.15, 0.2) is 30.3 Å². The molecule has 1 saturated carbocycles. The van der Waals surface area contributed by atoms with Crippen LogP contribution < -0.4 is 10.2 Å². The number of nitrogens with zero attached hydrogens (tertiary/aromatic N) is 3. The molecule has 2 aliphatic rings. The van der Waals surface area contributed by atoms with Gasteiger partial charge in [-0.25, -0.2) is 18.4 Å². The maximum atomic E-state index is 12.7. The van der Waals surface area contributed by atoms with Crippen molar-refractivity contribution >= 4 is 26.7 Å². The van der Waals surface area contributed by atoms with Crippen molar-refractivity contribution in [1.82, 2.24) is 20.3 Å². The Morgan fingerprint density at radius 1 is 1.19 bits per heavy atom. The first-order chi connectivity index (χ1) is 15.4. The molecule has 1 atom stereocenters. The van der Waals surface area contributed by atoms with E-state index in [4.69, 9.17) is 14.7 Å². The number of fused-ring (bicyclic) bond motifs is 1. The van der Waals surface area contributed by atoms with Gasteiger partial charge in [-0.15, -0.1) is 0 Å². The summed E-state index contributed by atoms with van der Waals surface area (Å²) in [6.45, 7) is 4.82. The van der Waals surface area contributed by atoms with Crippen molar-refractivity contribution in [2.45, 2.75) is 43.4 Å². The van der Waals surface area contributed by atoms with Gasteiger partial charge in [-0.3, -0.25) is 0 Å². The lowest BCUT2D eigenvalue weighted by atomic mass is 10.1. The Bertz CT molecular complexity index is 1240. The number of hydrogen-bond acceptors (Lipinski definition) is 7. The van der Waals surface area contributed by atoms with E-state index in [0.717, 1.165) is 59.7 Å². The summed E-state index contributed by atoms with van der Waals surface area (Å²) in [5.74, 6) is 0.823. The largest absolute Gasteiger partial charge is 0.377 e. The topological polar surface area (TPSA) is 100 Å². The molecular formula is C23H29N5O3S. The van der Waals surface area contributed by atoms with E-state index in [9.17, 15) is 8.42 Å². The second kappa shape index (κ2) is 8.46. The lowest BCUT2D eigenvalue weighted by molar-refractivity contribution is 0.0985. The first-order valence-electron chi connectivity index (χ1n) is 11.1. The molecule has 8 nitrogen and oxygen atoms in total. The van der Waals surface area contributed by atoms with Gasteiger partial charge in [-0.1, -0.05) is 0 Å². The normalized spacial score (nSPS) is 19.6. The van der Waals surface area contributed by atoms with Crippen molar-refractivity contribution in [3.05, 3.63) is 41.6 Å². The number of H-pyrrole nitrogens is 1. The van der Waals surface area contributed by atoms with Crippen LogP contribution in [0.4, 0.5) is 5.82 Å². The predicted octanol–water partition coefficient (Wildman–Crippen LogP) is 2.65. The number of hydrogen-bond donors (Lipinski definition) is 2. The van der Waals surface area contributed by atoms with E-state index in [1.165, 1.54) is 0 Å². The molecule has 9 heteroatoms. The number of ether oxygens (including phenoxy) is 1. The molecule has 0 aromatic carbocycles. The molecule has 0 bridgehead atoms. The zero-order chi connectivity index (χ0) is 22.3. The summed E-state index contributed by atoms with van der Waals surface area (Å²) in [6.07, 6.45) is 1.54. The molecule has 1 aliphatic heterocycles. The molecular weight excluding hydrogens is 426 g/mol. The highest BCUT2D eigenvalue weighted by atomic mass is 32.2. The lowest BCUT2D eigenvalue weighted by Gasteiger charge is -2.34. The van der Waals surface area contributed by atoms with Crippen molar-refractivity contribution in [3.63, 3.8) is 0 Å². The fourth-order valence-electron chi connectivity index (χ4n) is 4.27. The van der Waals surface area contributed by atoms with Crippen LogP contribution in [0, 0.1) is 0 Å². The van der Waals surface area contributed by atoms with E-state index in [1.54, 1.807) is 0 Å². The molecule has 0 spiro atoms. The number of morpholine rings is 1. The minimum absolute atomic E-state index is 0.0393. The Morgan fingerprint density at radius 3 is 2.78 bits per heavy atom. The van der Waals surface area contributed by atoms with Gasteiger partial charge in [0.1, 0.15) is 5.82 Å². The fourth-order valence-corrected chi connectivity index (χ4v) is 5.99. The van der Waals surface area contributed by atoms with Crippen LogP contribution in [0.2, 0.25) is 0 Å². The molecule has 2 fully saturated rings. The van der Waals surface area contributed by atoms with Gasteiger partial charge >= 0.3 is 0 Å². The van der Waals surface area contributed by atoms with Gasteiger partial charge in [0, 0.05) is 18.8 Å². The van der Waals surface area contributed by atoms with Gasteiger partial charge in [0.2, 0.25) is 0 Å².